The van der Waals surface area contributed by atoms with E-state index >= 15 is 0 Å². The topological polar surface area (TPSA) is 102 Å². The van der Waals surface area contributed by atoms with Crippen LogP contribution < -0.4 is 0 Å². The molecular weight excluding hydrogens is 306 g/mol. The molecule has 23 heavy (non-hydrogen) atoms. The van der Waals surface area contributed by atoms with Crippen LogP contribution in [0.5, 0.6) is 0 Å². The molecule has 0 spiro atoms. The van der Waals surface area contributed by atoms with E-state index in [4.69, 9.17) is 19.3 Å². The van der Waals surface area contributed by atoms with Crippen LogP contribution in [-0.2, 0) is 23.8 Å². The van der Waals surface area contributed by atoms with Crippen LogP contribution in [0.1, 0.15) is 33.6 Å². The predicted molar refractivity (Wildman–Crippen MR) is 77.8 cm³/mol. The standard InChI is InChI=1S/C15H23NO7/c1-14(2,3)23-13(20)16-9(12(19)21-4)5-15(6-10(15)16)8-22-7-11(17)18/h9-10H,5-8H2,1-4H3,(H,17,18)/t9-,10-,15+/m0/s1. The molecule has 0 radical (unpaired) electrons. The van der Waals surface area contributed by atoms with Crippen LogP contribution >= 0.6 is 0 Å². The third-order valence-electron chi connectivity index (χ3n) is 4.11. The third-order valence-corrected chi connectivity index (χ3v) is 4.11. The first-order valence-corrected chi connectivity index (χ1v) is 7.48. The van der Waals surface area contributed by atoms with E-state index < -0.39 is 36.3 Å². The quantitative estimate of drug-likeness (QED) is 0.751. The lowest BCUT2D eigenvalue weighted by Gasteiger charge is -2.29. The summed E-state index contributed by atoms with van der Waals surface area (Å²) in [6.45, 7) is 5.05. The Hall–Kier alpha value is -1.83. The Balaban J connectivity index is 2.08. The average molecular weight is 329 g/mol. The number of amides is 1. The maximum Gasteiger partial charge on any atom is 0.411 e. The molecule has 0 aromatic heterocycles. The summed E-state index contributed by atoms with van der Waals surface area (Å²) >= 11 is 0. The first-order valence-electron chi connectivity index (χ1n) is 7.48. The van der Waals surface area contributed by atoms with Crippen LogP contribution in [0.25, 0.3) is 0 Å². The van der Waals surface area contributed by atoms with Crippen LogP contribution in [0.15, 0.2) is 0 Å². The first-order chi connectivity index (χ1) is 10.6. The molecule has 2 rings (SSSR count). The van der Waals surface area contributed by atoms with E-state index in [1.807, 2.05) is 0 Å². The van der Waals surface area contributed by atoms with Gasteiger partial charge in [-0.15, -0.1) is 0 Å². The van der Waals surface area contributed by atoms with Gasteiger partial charge in [-0.2, -0.15) is 0 Å². The van der Waals surface area contributed by atoms with Crippen molar-refractivity contribution in [1.82, 2.24) is 4.90 Å². The van der Waals surface area contributed by atoms with E-state index in [1.165, 1.54) is 12.0 Å². The number of esters is 1. The number of piperidine rings is 1. The average Bonchev–Trinajstić information content (AvgIpc) is 3.00. The van der Waals surface area contributed by atoms with Crippen molar-refractivity contribution >= 4 is 18.0 Å². The second kappa shape index (κ2) is 5.99. The molecular formula is C15H23NO7. The Morgan fingerprint density at radius 1 is 1.26 bits per heavy atom. The number of carboxylic acid groups (broad SMARTS) is 1. The molecule has 0 unspecified atom stereocenters. The number of methoxy groups -OCH3 is 1. The second-order valence-corrected chi connectivity index (χ2v) is 7.10. The summed E-state index contributed by atoms with van der Waals surface area (Å²) in [5.74, 6) is -1.55. The van der Waals surface area contributed by atoms with E-state index in [9.17, 15) is 14.4 Å². The molecule has 2 fully saturated rings. The van der Waals surface area contributed by atoms with Crippen LogP contribution in [0.2, 0.25) is 0 Å². The molecule has 1 saturated heterocycles. The first kappa shape index (κ1) is 17.5. The van der Waals surface area contributed by atoms with Gasteiger partial charge >= 0.3 is 18.0 Å². The molecule has 8 nitrogen and oxygen atoms in total. The van der Waals surface area contributed by atoms with E-state index in [0.717, 1.165) is 0 Å². The number of aliphatic carboxylic acids is 1. The highest BCUT2D eigenvalue weighted by molar-refractivity contribution is 5.83. The van der Waals surface area contributed by atoms with Gasteiger partial charge in [-0.3, -0.25) is 4.90 Å². The predicted octanol–water partition coefficient (Wildman–Crippen LogP) is 1.03. The fraction of sp³-hybridized carbons (Fsp3) is 0.800. The van der Waals surface area contributed by atoms with Gasteiger partial charge in [0, 0.05) is 11.5 Å². The number of likely N-dealkylation sites (tertiary alicyclic amines) is 1. The van der Waals surface area contributed by atoms with Gasteiger partial charge in [-0.05, 0) is 33.6 Å². The number of ether oxygens (including phenoxy) is 3. The molecule has 1 aliphatic heterocycles. The summed E-state index contributed by atoms with van der Waals surface area (Å²) < 4.78 is 15.3. The van der Waals surface area contributed by atoms with Gasteiger partial charge in [-0.25, -0.2) is 14.4 Å². The third kappa shape index (κ3) is 3.74. The van der Waals surface area contributed by atoms with Crippen LogP contribution in [0, 0.1) is 5.41 Å². The van der Waals surface area contributed by atoms with Crippen molar-refractivity contribution in [2.45, 2.75) is 51.3 Å². The molecule has 1 heterocycles. The van der Waals surface area contributed by atoms with Gasteiger partial charge in [-0.1, -0.05) is 0 Å². The number of hydrogen-bond acceptors (Lipinski definition) is 6. The van der Waals surface area contributed by atoms with E-state index in [1.54, 1.807) is 20.8 Å². The summed E-state index contributed by atoms with van der Waals surface area (Å²) in [7, 11) is 1.27. The van der Waals surface area contributed by atoms with Crippen molar-refractivity contribution in [2.75, 3.05) is 20.3 Å². The van der Waals surface area contributed by atoms with Crippen LogP contribution in [0.4, 0.5) is 4.79 Å². The van der Waals surface area contributed by atoms with E-state index in [2.05, 4.69) is 0 Å². The minimum absolute atomic E-state index is 0.185. The fourth-order valence-electron chi connectivity index (χ4n) is 3.10. The van der Waals surface area contributed by atoms with E-state index in [0.29, 0.717) is 12.8 Å². The minimum Gasteiger partial charge on any atom is -0.480 e. The lowest BCUT2D eigenvalue weighted by molar-refractivity contribution is -0.147. The molecule has 1 saturated carbocycles. The summed E-state index contributed by atoms with van der Waals surface area (Å²) in [6, 6.07) is -0.905. The number of rotatable bonds is 5. The Morgan fingerprint density at radius 3 is 2.43 bits per heavy atom. The molecule has 1 N–H and O–H groups in total. The molecule has 130 valence electrons. The van der Waals surface area contributed by atoms with Gasteiger partial charge in [0.15, 0.2) is 0 Å². The van der Waals surface area contributed by atoms with Gasteiger partial charge in [0.25, 0.3) is 0 Å². The smallest absolute Gasteiger partial charge is 0.411 e. The summed E-state index contributed by atoms with van der Waals surface area (Å²) in [5.41, 5.74) is -1.05. The van der Waals surface area contributed by atoms with Gasteiger partial charge in [0.2, 0.25) is 0 Å². The lowest BCUT2D eigenvalue weighted by Crippen LogP contribution is -2.46. The minimum atomic E-state index is -1.05. The van der Waals surface area contributed by atoms with Gasteiger partial charge in [0.05, 0.1) is 13.7 Å². The molecule has 0 aromatic carbocycles. The fourth-order valence-corrected chi connectivity index (χ4v) is 3.10. The molecule has 0 aromatic rings. The summed E-state index contributed by atoms with van der Waals surface area (Å²) in [4.78, 5) is 36.4. The van der Waals surface area contributed by atoms with Crippen molar-refractivity contribution in [3.63, 3.8) is 0 Å². The number of carbonyl (C=O) groups is 3. The number of nitrogens with zero attached hydrogens (tertiary/aromatic N) is 1. The second-order valence-electron chi connectivity index (χ2n) is 7.10. The molecule has 0 bridgehead atoms. The zero-order valence-corrected chi connectivity index (χ0v) is 13.8. The highest BCUT2D eigenvalue weighted by Gasteiger charge is 2.68. The van der Waals surface area contributed by atoms with Crippen molar-refractivity contribution in [3.05, 3.63) is 0 Å². The highest BCUT2D eigenvalue weighted by atomic mass is 16.6. The molecule has 8 heteroatoms. The van der Waals surface area contributed by atoms with Crippen molar-refractivity contribution in [3.8, 4) is 0 Å². The van der Waals surface area contributed by atoms with Gasteiger partial charge in [0.1, 0.15) is 18.2 Å². The lowest BCUT2D eigenvalue weighted by atomic mass is 10.0. The Bertz CT molecular complexity index is 512. The van der Waals surface area contributed by atoms with Crippen molar-refractivity contribution in [1.29, 1.82) is 0 Å². The molecule has 2 aliphatic rings. The van der Waals surface area contributed by atoms with E-state index in [-0.39, 0.29) is 18.1 Å². The van der Waals surface area contributed by atoms with Gasteiger partial charge < -0.3 is 19.3 Å². The maximum absolute atomic E-state index is 12.4. The molecule has 1 amide bonds. The Labute approximate surface area is 134 Å². The SMILES string of the molecule is COC(=O)[C@@H]1C[C@]2(COCC(=O)O)C[C@@H]2N1C(=O)OC(C)(C)C. The normalized spacial score (nSPS) is 29.0. The van der Waals surface area contributed by atoms with Crippen molar-refractivity contribution in [2.24, 2.45) is 5.41 Å². The summed E-state index contributed by atoms with van der Waals surface area (Å²) in [6.07, 6.45) is 0.498. The number of carbonyl (C=O) groups excluding carboxylic acids is 2. The molecule has 3 atom stereocenters. The van der Waals surface area contributed by atoms with Crippen LogP contribution in [0.3, 0.4) is 0 Å². The largest absolute Gasteiger partial charge is 0.480 e. The summed E-state index contributed by atoms with van der Waals surface area (Å²) in [5, 5.41) is 8.65. The Morgan fingerprint density at radius 2 is 1.91 bits per heavy atom. The van der Waals surface area contributed by atoms with Crippen LogP contribution in [-0.4, -0.2) is 66.0 Å². The maximum atomic E-state index is 12.4. The zero-order valence-electron chi connectivity index (χ0n) is 13.8. The highest BCUT2D eigenvalue weighted by Crippen LogP contribution is 2.60. The molecule has 1 aliphatic carbocycles. The number of hydrogen-bond donors (Lipinski definition) is 1. The monoisotopic (exact) mass is 329 g/mol. The number of fused-ring (bicyclic) bond motifs is 1. The zero-order chi connectivity index (χ0) is 17.4. The Kier molecular flexibility index (Phi) is 4.57. The number of carboxylic acids is 1. The van der Waals surface area contributed by atoms with Crippen molar-refractivity contribution < 1.29 is 33.7 Å².